The van der Waals surface area contributed by atoms with E-state index in [0.717, 1.165) is 55.9 Å². The Labute approximate surface area is 219 Å². The fraction of sp³-hybridized carbons (Fsp3) is 0.448. The number of thiophene rings is 1. The average molecular weight is 507 g/mol. The van der Waals surface area contributed by atoms with Gasteiger partial charge in [0, 0.05) is 50.1 Å². The molecule has 4 rings (SSSR count). The van der Waals surface area contributed by atoms with Gasteiger partial charge in [-0.3, -0.25) is 9.78 Å². The first-order valence-electron chi connectivity index (χ1n) is 12.8. The molecule has 7 heteroatoms. The van der Waals surface area contributed by atoms with E-state index in [2.05, 4.69) is 68.1 Å². The molecule has 0 spiro atoms. The number of carbonyl (C=O) groups excluding carboxylic acids is 1. The molecule has 0 unspecified atom stereocenters. The number of nitrogens with one attached hydrogen (secondary N) is 1. The Morgan fingerprint density at radius 2 is 1.94 bits per heavy atom. The van der Waals surface area contributed by atoms with Crippen LogP contribution in [0.3, 0.4) is 0 Å². The largest absolute Gasteiger partial charge is 0.497 e. The predicted molar refractivity (Wildman–Crippen MR) is 148 cm³/mol. The van der Waals surface area contributed by atoms with Crippen molar-refractivity contribution in [2.75, 3.05) is 31.6 Å². The van der Waals surface area contributed by atoms with Crippen molar-refractivity contribution in [3.05, 3.63) is 75.7 Å². The number of amides is 1. The van der Waals surface area contributed by atoms with Crippen LogP contribution < -0.4 is 15.0 Å². The van der Waals surface area contributed by atoms with Crippen LogP contribution in [-0.2, 0) is 6.54 Å². The first kappa shape index (κ1) is 26.2. The van der Waals surface area contributed by atoms with Crippen molar-refractivity contribution in [1.29, 1.82) is 0 Å². The number of nitrogens with zero attached hydrogens (tertiary/aromatic N) is 3. The highest BCUT2D eigenvalue weighted by Gasteiger charge is 2.27. The number of hydrogen-bond acceptors (Lipinski definition) is 6. The van der Waals surface area contributed by atoms with E-state index in [9.17, 15) is 4.79 Å². The summed E-state index contributed by atoms with van der Waals surface area (Å²) in [7, 11) is 1.71. The summed E-state index contributed by atoms with van der Waals surface area (Å²) in [5.74, 6) is 0.867. The van der Waals surface area contributed by atoms with Crippen LogP contribution in [0, 0.1) is 13.8 Å². The third-order valence-electron chi connectivity index (χ3n) is 7.32. The van der Waals surface area contributed by atoms with Crippen molar-refractivity contribution in [3.63, 3.8) is 0 Å². The van der Waals surface area contributed by atoms with Crippen molar-refractivity contribution in [3.8, 4) is 5.75 Å². The molecule has 1 aliphatic heterocycles. The second-order valence-corrected chi connectivity index (χ2v) is 10.5. The Balaban J connectivity index is 1.31. The average Bonchev–Trinajstić information content (AvgIpc) is 3.41. The Morgan fingerprint density at radius 1 is 1.19 bits per heavy atom. The van der Waals surface area contributed by atoms with Gasteiger partial charge in [0.1, 0.15) is 5.75 Å². The van der Waals surface area contributed by atoms with Crippen LogP contribution in [0.2, 0.25) is 0 Å². The minimum absolute atomic E-state index is 0.0208. The lowest BCUT2D eigenvalue weighted by Crippen LogP contribution is -2.48. The van der Waals surface area contributed by atoms with Crippen molar-refractivity contribution < 1.29 is 9.53 Å². The SMILES string of the molecule is COc1ccc(N(Cc2ccsc2)C2CCN([C@H](C)CCNC(=O)c3c(C)ccnc3C)CC2)cc1. The maximum absolute atomic E-state index is 12.7. The van der Waals surface area contributed by atoms with Gasteiger partial charge in [0.25, 0.3) is 5.91 Å². The Morgan fingerprint density at radius 3 is 2.58 bits per heavy atom. The van der Waals surface area contributed by atoms with Gasteiger partial charge >= 0.3 is 0 Å². The fourth-order valence-electron chi connectivity index (χ4n) is 5.13. The van der Waals surface area contributed by atoms with E-state index in [-0.39, 0.29) is 5.91 Å². The normalized spacial score (nSPS) is 15.4. The predicted octanol–water partition coefficient (Wildman–Crippen LogP) is 5.45. The monoisotopic (exact) mass is 506 g/mol. The third kappa shape index (κ3) is 6.45. The van der Waals surface area contributed by atoms with Crippen molar-refractivity contribution >= 4 is 22.9 Å². The highest BCUT2D eigenvalue weighted by atomic mass is 32.1. The van der Waals surface area contributed by atoms with Gasteiger partial charge in [-0.2, -0.15) is 11.3 Å². The van der Waals surface area contributed by atoms with Crippen LogP contribution in [-0.4, -0.2) is 54.6 Å². The summed E-state index contributed by atoms with van der Waals surface area (Å²) in [5, 5.41) is 7.51. The molecule has 6 nitrogen and oxygen atoms in total. The first-order chi connectivity index (χ1) is 17.5. The number of carbonyl (C=O) groups is 1. The molecule has 3 aromatic rings. The summed E-state index contributed by atoms with van der Waals surface area (Å²) in [6.07, 6.45) is 4.94. The van der Waals surface area contributed by atoms with Crippen LogP contribution in [0.25, 0.3) is 0 Å². The standard InChI is InChI=1S/C29H38N4O2S/c1-21-9-14-30-23(3)28(21)29(34)31-15-10-22(2)32-16-11-26(12-17-32)33(19-24-13-18-36-20-24)25-5-7-27(35-4)8-6-25/h5-9,13-14,18,20,22,26H,10-12,15-17,19H2,1-4H3,(H,31,34)/t22-/m1/s1. The van der Waals surface area contributed by atoms with Crippen molar-refractivity contribution in [2.24, 2.45) is 0 Å². The topological polar surface area (TPSA) is 57.7 Å². The van der Waals surface area contributed by atoms with E-state index >= 15 is 0 Å². The van der Waals surface area contributed by atoms with Crippen LogP contribution in [0.1, 0.15) is 53.4 Å². The zero-order valence-electron chi connectivity index (χ0n) is 21.9. The number of pyridine rings is 1. The number of methoxy groups -OCH3 is 1. The molecule has 1 fully saturated rings. The molecule has 0 saturated carbocycles. The molecule has 1 aromatic carbocycles. The number of likely N-dealkylation sites (tertiary alicyclic amines) is 1. The van der Waals surface area contributed by atoms with Gasteiger partial charge in [-0.15, -0.1) is 0 Å². The number of anilines is 1. The number of hydrogen-bond donors (Lipinski definition) is 1. The maximum Gasteiger partial charge on any atom is 0.253 e. The van der Waals surface area contributed by atoms with E-state index in [1.807, 2.05) is 19.9 Å². The molecular formula is C29H38N4O2S. The molecule has 2 aromatic heterocycles. The van der Waals surface area contributed by atoms with Crippen LogP contribution in [0.4, 0.5) is 5.69 Å². The maximum atomic E-state index is 12.7. The van der Waals surface area contributed by atoms with Gasteiger partial charge in [0.15, 0.2) is 0 Å². The van der Waals surface area contributed by atoms with E-state index in [4.69, 9.17) is 4.74 Å². The molecule has 1 aliphatic rings. The van der Waals surface area contributed by atoms with Gasteiger partial charge < -0.3 is 19.9 Å². The molecule has 3 heterocycles. The number of benzene rings is 1. The van der Waals surface area contributed by atoms with Crippen LogP contribution in [0.15, 0.2) is 53.4 Å². The Bertz CT molecular complexity index is 1090. The van der Waals surface area contributed by atoms with Gasteiger partial charge in [0.2, 0.25) is 0 Å². The summed E-state index contributed by atoms with van der Waals surface area (Å²) in [6, 6.07) is 13.5. The van der Waals surface area contributed by atoms with Crippen molar-refractivity contribution in [2.45, 2.75) is 58.7 Å². The number of rotatable bonds is 10. The highest BCUT2D eigenvalue weighted by Crippen LogP contribution is 2.29. The van der Waals surface area contributed by atoms with Crippen LogP contribution in [0.5, 0.6) is 5.75 Å². The first-order valence-corrected chi connectivity index (χ1v) is 13.8. The van der Waals surface area contributed by atoms with Gasteiger partial charge in [0.05, 0.1) is 18.4 Å². The lowest BCUT2D eigenvalue weighted by Gasteiger charge is -2.42. The summed E-state index contributed by atoms with van der Waals surface area (Å²) in [6.45, 7) is 9.86. The molecule has 1 saturated heterocycles. The van der Waals surface area contributed by atoms with E-state index in [1.54, 1.807) is 24.6 Å². The van der Waals surface area contributed by atoms with E-state index in [0.29, 0.717) is 24.2 Å². The Hall–Kier alpha value is -2.90. The van der Waals surface area contributed by atoms with Gasteiger partial charge in [-0.05, 0) is 98.3 Å². The van der Waals surface area contributed by atoms with Crippen molar-refractivity contribution in [1.82, 2.24) is 15.2 Å². The number of ether oxygens (including phenoxy) is 1. The Kier molecular flexibility index (Phi) is 8.99. The van der Waals surface area contributed by atoms with Gasteiger partial charge in [-0.1, -0.05) is 0 Å². The number of aryl methyl sites for hydroxylation is 2. The minimum atomic E-state index is -0.0208. The minimum Gasteiger partial charge on any atom is -0.497 e. The smallest absolute Gasteiger partial charge is 0.253 e. The molecule has 1 atom stereocenters. The fourth-order valence-corrected chi connectivity index (χ4v) is 5.79. The van der Waals surface area contributed by atoms with E-state index < -0.39 is 0 Å². The highest BCUT2D eigenvalue weighted by molar-refractivity contribution is 7.07. The number of aromatic nitrogens is 1. The van der Waals surface area contributed by atoms with Gasteiger partial charge in [-0.25, -0.2) is 0 Å². The molecule has 0 aliphatic carbocycles. The second kappa shape index (κ2) is 12.4. The lowest BCUT2D eigenvalue weighted by atomic mass is 9.99. The lowest BCUT2D eigenvalue weighted by molar-refractivity contribution is 0.0943. The molecule has 0 bridgehead atoms. The second-order valence-electron chi connectivity index (χ2n) is 9.71. The number of piperidine rings is 1. The zero-order valence-corrected chi connectivity index (χ0v) is 22.7. The molecule has 1 N–H and O–H groups in total. The third-order valence-corrected chi connectivity index (χ3v) is 8.06. The van der Waals surface area contributed by atoms with Crippen LogP contribution >= 0.6 is 11.3 Å². The molecule has 0 radical (unpaired) electrons. The molecule has 36 heavy (non-hydrogen) atoms. The zero-order chi connectivity index (χ0) is 25.5. The quantitative estimate of drug-likeness (QED) is 0.396. The summed E-state index contributed by atoms with van der Waals surface area (Å²) in [4.78, 5) is 22.1. The summed E-state index contributed by atoms with van der Waals surface area (Å²) >= 11 is 1.76. The molecular weight excluding hydrogens is 468 g/mol. The van der Waals surface area contributed by atoms with E-state index in [1.165, 1.54) is 11.3 Å². The summed E-state index contributed by atoms with van der Waals surface area (Å²) in [5.41, 5.74) is 5.07. The molecule has 192 valence electrons. The summed E-state index contributed by atoms with van der Waals surface area (Å²) < 4.78 is 5.37. The molecule has 1 amide bonds.